The third kappa shape index (κ3) is 4.47. The molecular formula is C28H23ClN2O3. The van der Waals surface area contributed by atoms with Crippen molar-refractivity contribution in [3.8, 4) is 22.8 Å². The molecule has 0 aliphatic carbocycles. The van der Waals surface area contributed by atoms with Gasteiger partial charge in [0.25, 0.3) is 5.91 Å². The quantitative estimate of drug-likeness (QED) is 0.271. The molecule has 2 heterocycles. The number of benzene rings is 3. The number of aromatic nitrogens is 1. The van der Waals surface area contributed by atoms with Gasteiger partial charge < -0.3 is 14.2 Å². The van der Waals surface area contributed by atoms with E-state index in [1.165, 1.54) is 5.56 Å². The first-order chi connectivity index (χ1) is 16.5. The molecule has 1 atom stereocenters. The molecule has 34 heavy (non-hydrogen) atoms. The van der Waals surface area contributed by atoms with Gasteiger partial charge in [0.1, 0.15) is 11.3 Å². The first-order valence-corrected chi connectivity index (χ1v) is 11.6. The van der Waals surface area contributed by atoms with Gasteiger partial charge in [-0.1, -0.05) is 49.7 Å². The second-order valence-electron chi connectivity index (χ2n) is 8.26. The summed E-state index contributed by atoms with van der Waals surface area (Å²) in [6.07, 6.45) is 1.06. The monoisotopic (exact) mass is 470 g/mol. The summed E-state index contributed by atoms with van der Waals surface area (Å²) < 4.78 is 11.7. The largest absolute Gasteiger partial charge is 0.451 e. The Morgan fingerprint density at radius 1 is 0.971 bits per heavy atom. The summed E-state index contributed by atoms with van der Waals surface area (Å²) in [6.45, 7) is 4.37. The molecule has 0 spiro atoms. The molecule has 2 aromatic heterocycles. The Balaban J connectivity index is 1.36. The fourth-order valence-electron chi connectivity index (χ4n) is 3.79. The summed E-state index contributed by atoms with van der Waals surface area (Å²) in [7, 11) is 0. The Labute approximate surface area is 202 Å². The third-order valence-corrected chi connectivity index (χ3v) is 6.13. The fourth-order valence-corrected chi connectivity index (χ4v) is 3.98. The van der Waals surface area contributed by atoms with Crippen LogP contribution in [0, 0.1) is 0 Å². The summed E-state index contributed by atoms with van der Waals surface area (Å²) in [5.41, 5.74) is 5.00. The number of halogens is 1. The maximum atomic E-state index is 12.8. The van der Waals surface area contributed by atoms with Crippen LogP contribution in [0.15, 0.2) is 87.7 Å². The van der Waals surface area contributed by atoms with Crippen LogP contribution in [0.1, 0.15) is 42.3 Å². The molecular weight excluding hydrogens is 448 g/mol. The Bertz CT molecular complexity index is 1480. The van der Waals surface area contributed by atoms with Crippen molar-refractivity contribution in [1.29, 1.82) is 0 Å². The van der Waals surface area contributed by atoms with Crippen molar-refractivity contribution in [2.45, 2.75) is 26.2 Å². The number of hydrogen-bond acceptors (Lipinski definition) is 4. The Hall–Kier alpha value is -3.83. The minimum Gasteiger partial charge on any atom is -0.451 e. The second-order valence-corrected chi connectivity index (χ2v) is 8.70. The average molecular weight is 471 g/mol. The third-order valence-electron chi connectivity index (χ3n) is 5.90. The molecule has 5 aromatic rings. The molecule has 170 valence electrons. The van der Waals surface area contributed by atoms with E-state index in [9.17, 15) is 4.79 Å². The van der Waals surface area contributed by atoms with E-state index in [0.29, 0.717) is 28.3 Å². The lowest BCUT2D eigenvalue weighted by atomic mass is 9.98. The molecule has 0 fully saturated rings. The van der Waals surface area contributed by atoms with Gasteiger partial charge in [0.05, 0.1) is 0 Å². The van der Waals surface area contributed by atoms with Crippen molar-refractivity contribution in [3.05, 3.63) is 95.2 Å². The van der Waals surface area contributed by atoms with Crippen LogP contribution < -0.4 is 5.32 Å². The number of carbonyl (C=O) groups excluding carboxylic acids is 1. The second kappa shape index (κ2) is 9.20. The number of hydrogen-bond donors (Lipinski definition) is 1. The maximum absolute atomic E-state index is 12.8. The van der Waals surface area contributed by atoms with E-state index in [2.05, 4.69) is 36.3 Å². The molecule has 3 aromatic carbocycles. The maximum Gasteiger partial charge on any atom is 0.291 e. The fraction of sp³-hybridized carbons (Fsp3) is 0.143. The topological polar surface area (TPSA) is 68.3 Å². The average Bonchev–Trinajstić information content (AvgIpc) is 3.51. The lowest BCUT2D eigenvalue weighted by Crippen LogP contribution is -2.10. The van der Waals surface area contributed by atoms with Crippen LogP contribution in [-0.2, 0) is 0 Å². The minimum absolute atomic E-state index is 0.208. The van der Waals surface area contributed by atoms with Crippen molar-refractivity contribution < 1.29 is 13.6 Å². The molecule has 0 radical (unpaired) electrons. The van der Waals surface area contributed by atoms with Crippen LogP contribution in [0.2, 0.25) is 5.02 Å². The van der Waals surface area contributed by atoms with Crippen molar-refractivity contribution >= 4 is 34.3 Å². The van der Waals surface area contributed by atoms with Crippen molar-refractivity contribution in [3.63, 3.8) is 0 Å². The van der Waals surface area contributed by atoms with Gasteiger partial charge in [-0.15, -0.1) is 0 Å². The highest BCUT2D eigenvalue weighted by Gasteiger charge is 2.15. The highest BCUT2D eigenvalue weighted by Crippen LogP contribution is 2.30. The number of oxazole rings is 1. The first kappa shape index (κ1) is 22.0. The summed E-state index contributed by atoms with van der Waals surface area (Å²) in [6, 6.07) is 24.2. The van der Waals surface area contributed by atoms with Crippen molar-refractivity contribution in [1.82, 2.24) is 4.98 Å². The number of anilines is 1. The van der Waals surface area contributed by atoms with Crippen LogP contribution in [0.4, 0.5) is 5.69 Å². The van der Waals surface area contributed by atoms with Crippen LogP contribution in [0.3, 0.4) is 0 Å². The van der Waals surface area contributed by atoms with E-state index >= 15 is 0 Å². The lowest BCUT2D eigenvalue weighted by Gasteiger charge is -2.07. The summed E-state index contributed by atoms with van der Waals surface area (Å²) in [4.78, 5) is 17.4. The summed E-state index contributed by atoms with van der Waals surface area (Å²) in [5.74, 6) is 1.41. The molecule has 1 N–H and O–H groups in total. The Kier molecular flexibility index (Phi) is 5.95. The van der Waals surface area contributed by atoms with Crippen LogP contribution in [0.5, 0.6) is 0 Å². The number of carbonyl (C=O) groups is 1. The highest BCUT2D eigenvalue weighted by atomic mass is 35.5. The molecule has 1 unspecified atom stereocenters. The van der Waals surface area contributed by atoms with Crippen molar-refractivity contribution in [2.75, 3.05) is 5.32 Å². The molecule has 5 nitrogen and oxygen atoms in total. The van der Waals surface area contributed by atoms with E-state index in [-0.39, 0.29) is 11.7 Å². The number of nitrogens with zero attached hydrogens (tertiary/aromatic N) is 1. The van der Waals surface area contributed by atoms with E-state index < -0.39 is 0 Å². The van der Waals surface area contributed by atoms with E-state index in [1.54, 1.807) is 24.3 Å². The number of nitrogens with one attached hydrogen (secondary N) is 1. The zero-order valence-electron chi connectivity index (χ0n) is 18.8. The van der Waals surface area contributed by atoms with Gasteiger partial charge in [0, 0.05) is 21.8 Å². The molecule has 5 rings (SSSR count). The SMILES string of the molecule is CCC(C)c1ccc2oc(-c3cccc(NC(=O)c4ccc(-c5cccc(Cl)c5)o4)c3)nc2c1. The zero-order chi connectivity index (χ0) is 23.7. The minimum atomic E-state index is -0.346. The first-order valence-electron chi connectivity index (χ1n) is 11.2. The zero-order valence-corrected chi connectivity index (χ0v) is 19.6. The highest BCUT2D eigenvalue weighted by molar-refractivity contribution is 6.30. The van der Waals surface area contributed by atoms with Gasteiger partial charge in [-0.05, 0) is 72.5 Å². The molecule has 0 saturated heterocycles. The van der Waals surface area contributed by atoms with E-state index in [4.69, 9.17) is 20.4 Å². The Morgan fingerprint density at radius 3 is 2.62 bits per heavy atom. The summed E-state index contributed by atoms with van der Waals surface area (Å²) >= 11 is 6.06. The smallest absolute Gasteiger partial charge is 0.291 e. The molecule has 0 bridgehead atoms. The Morgan fingerprint density at radius 2 is 1.79 bits per heavy atom. The van der Waals surface area contributed by atoms with E-state index in [1.807, 2.05) is 42.5 Å². The number of furan rings is 1. The van der Waals surface area contributed by atoms with Crippen molar-refractivity contribution in [2.24, 2.45) is 0 Å². The van der Waals surface area contributed by atoms with Crippen LogP contribution >= 0.6 is 11.6 Å². The molecule has 0 aliphatic rings. The van der Waals surface area contributed by atoms with Gasteiger partial charge in [-0.3, -0.25) is 4.79 Å². The predicted octanol–water partition coefficient (Wildman–Crippen LogP) is 8.17. The van der Waals surface area contributed by atoms with Gasteiger partial charge >= 0.3 is 0 Å². The molecule has 0 aliphatic heterocycles. The van der Waals surface area contributed by atoms with Crippen LogP contribution in [-0.4, -0.2) is 10.9 Å². The number of rotatable bonds is 6. The molecule has 6 heteroatoms. The van der Waals surface area contributed by atoms with Gasteiger partial charge in [0.15, 0.2) is 11.3 Å². The number of amides is 1. The standard InChI is InChI=1S/C28H23ClN2O3/c1-3-17(2)18-10-11-25-23(16-18)31-28(34-25)20-7-5-9-22(15-20)30-27(32)26-13-12-24(33-26)19-6-4-8-21(29)14-19/h4-17H,3H2,1-2H3,(H,30,32). The molecule has 0 saturated carbocycles. The van der Waals surface area contributed by atoms with Gasteiger partial charge in [-0.2, -0.15) is 0 Å². The van der Waals surface area contributed by atoms with Gasteiger partial charge in [-0.25, -0.2) is 4.98 Å². The van der Waals surface area contributed by atoms with Gasteiger partial charge in [0.2, 0.25) is 5.89 Å². The lowest BCUT2D eigenvalue weighted by molar-refractivity contribution is 0.0997. The van der Waals surface area contributed by atoms with Crippen LogP contribution in [0.25, 0.3) is 33.9 Å². The van der Waals surface area contributed by atoms with E-state index in [0.717, 1.165) is 28.6 Å². The summed E-state index contributed by atoms with van der Waals surface area (Å²) in [5, 5.41) is 3.49. The molecule has 1 amide bonds. The number of fused-ring (bicyclic) bond motifs is 1. The predicted molar refractivity (Wildman–Crippen MR) is 135 cm³/mol. The normalized spacial score (nSPS) is 12.1.